The van der Waals surface area contributed by atoms with Crippen LogP contribution in [0.25, 0.3) is 0 Å². The Morgan fingerprint density at radius 2 is 1.50 bits per heavy atom. The van der Waals surface area contributed by atoms with Gasteiger partial charge < -0.3 is 6.15 Å². The zero-order valence-electron chi connectivity index (χ0n) is 6.96. The Morgan fingerprint density at radius 1 is 1.00 bits per heavy atom. The van der Waals surface area contributed by atoms with Crippen molar-refractivity contribution in [2.45, 2.75) is 19.8 Å². The van der Waals surface area contributed by atoms with E-state index < -0.39 is 0 Å². The van der Waals surface area contributed by atoms with Gasteiger partial charge in [-0.25, -0.2) is 0 Å². The first-order valence-corrected chi connectivity index (χ1v) is 3.35. The number of benzene rings is 1. The molecule has 0 spiro atoms. The number of hydrogen-bond donors (Lipinski definition) is 1. The molecule has 0 radical (unpaired) electrons. The summed E-state index contributed by atoms with van der Waals surface area (Å²) in [6.07, 6.45) is 0. The molecule has 10 heavy (non-hydrogen) atoms. The standard InChI is InChI=1S/C9H12.H3N/c1-8(2)9-6-4-3-5-7-9;/h3-8H,1-2H3;1H3/p+1. The maximum atomic E-state index is 2.20. The van der Waals surface area contributed by atoms with E-state index in [1.54, 1.807) is 0 Å². The van der Waals surface area contributed by atoms with Crippen molar-refractivity contribution in [3.63, 3.8) is 0 Å². The van der Waals surface area contributed by atoms with Crippen molar-refractivity contribution < 1.29 is 0 Å². The summed E-state index contributed by atoms with van der Waals surface area (Å²) in [7, 11) is 0. The van der Waals surface area contributed by atoms with Crippen molar-refractivity contribution in [2.75, 3.05) is 0 Å². The third kappa shape index (κ3) is 2.19. The molecule has 0 amide bonds. The lowest BCUT2D eigenvalue weighted by atomic mass is 10.0. The summed E-state index contributed by atoms with van der Waals surface area (Å²) in [5, 5.41) is 0. The van der Waals surface area contributed by atoms with E-state index in [-0.39, 0.29) is 6.15 Å². The molecule has 0 atom stereocenters. The predicted molar refractivity (Wildman–Crippen MR) is 46.5 cm³/mol. The molecular weight excluding hydrogens is 122 g/mol. The van der Waals surface area contributed by atoms with Crippen LogP contribution >= 0.6 is 0 Å². The first-order chi connectivity index (χ1) is 4.30. The molecule has 0 aliphatic rings. The molecule has 0 heterocycles. The molecule has 0 aliphatic carbocycles. The highest BCUT2D eigenvalue weighted by atomic mass is 14.0. The molecule has 0 aromatic heterocycles. The summed E-state index contributed by atoms with van der Waals surface area (Å²) in [4.78, 5) is 0. The number of rotatable bonds is 1. The van der Waals surface area contributed by atoms with Crippen molar-refractivity contribution in [3.8, 4) is 0 Å². The molecule has 56 valence electrons. The SMILES string of the molecule is CC(C)c1ccccc1.[NH4+]. The molecule has 0 saturated carbocycles. The van der Waals surface area contributed by atoms with Crippen molar-refractivity contribution in [1.29, 1.82) is 0 Å². The Labute approximate surface area is 62.7 Å². The third-order valence-corrected chi connectivity index (χ3v) is 1.47. The van der Waals surface area contributed by atoms with Crippen molar-refractivity contribution in [3.05, 3.63) is 35.9 Å². The Balaban J connectivity index is 0.000000810. The molecule has 0 fully saturated rings. The van der Waals surface area contributed by atoms with Gasteiger partial charge in [-0.2, -0.15) is 0 Å². The van der Waals surface area contributed by atoms with E-state index in [1.165, 1.54) is 5.56 Å². The van der Waals surface area contributed by atoms with Crippen LogP contribution in [0.15, 0.2) is 30.3 Å². The molecule has 0 bridgehead atoms. The van der Waals surface area contributed by atoms with Crippen LogP contribution in [0.1, 0.15) is 25.3 Å². The molecule has 0 saturated heterocycles. The summed E-state index contributed by atoms with van der Waals surface area (Å²) in [5.41, 5.74) is 1.41. The summed E-state index contributed by atoms with van der Waals surface area (Å²) in [6.45, 7) is 4.41. The summed E-state index contributed by atoms with van der Waals surface area (Å²) < 4.78 is 0. The molecule has 1 aromatic rings. The second-order valence-electron chi connectivity index (χ2n) is 2.57. The predicted octanol–water partition coefficient (Wildman–Crippen LogP) is 3.19. The first kappa shape index (κ1) is 9.18. The second-order valence-corrected chi connectivity index (χ2v) is 2.57. The smallest absolute Gasteiger partial charge is 0.0219 e. The van der Waals surface area contributed by atoms with E-state index in [1.807, 2.05) is 6.07 Å². The first-order valence-electron chi connectivity index (χ1n) is 3.35. The van der Waals surface area contributed by atoms with Gasteiger partial charge in [0.2, 0.25) is 0 Å². The Kier molecular flexibility index (Phi) is 3.74. The fourth-order valence-electron chi connectivity index (χ4n) is 0.838. The van der Waals surface area contributed by atoms with Crippen LogP contribution in [0.2, 0.25) is 0 Å². The maximum Gasteiger partial charge on any atom is -0.0219 e. The van der Waals surface area contributed by atoms with E-state index in [4.69, 9.17) is 0 Å². The Hall–Kier alpha value is -0.820. The largest absolute Gasteiger partial charge is 0.369 e. The van der Waals surface area contributed by atoms with Crippen molar-refractivity contribution in [1.82, 2.24) is 6.15 Å². The Bertz CT molecular complexity index is 167. The summed E-state index contributed by atoms with van der Waals surface area (Å²) in [5.74, 6) is 0.659. The van der Waals surface area contributed by atoms with E-state index in [9.17, 15) is 0 Å². The topological polar surface area (TPSA) is 36.5 Å². The van der Waals surface area contributed by atoms with E-state index >= 15 is 0 Å². The van der Waals surface area contributed by atoms with E-state index in [0.717, 1.165) is 0 Å². The number of quaternary nitrogens is 1. The minimum atomic E-state index is 0. The quantitative estimate of drug-likeness (QED) is 0.618. The van der Waals surface area contributed by atoms with Gasteiger partial charge >= 0.3 is 0 Å². The van der Waals surface area contributed by atoms with Gasteiger partial charge in [0.1, 0.15) is 0 Å². The van der Waals surface area contributed by atoms with Gasteiger partial charge in [0, 0.05) is 0 Å². The van der Waals surface area contributed by atoms with Gasteiger partial charge in [-0.15, -0.1) is 0 Å². The third-order valence-electron chi connectivity index (χ3n) is 1.47. The van der Waals surface area contributed by atoms with Crippen LogP contribution in [0.3, 0.4) is 0 Å². The lowest BCUT2D eigenvalue weighted by Gasteiger charge is -2.01. The van der Waals surface area contributed by atoms with Gasteiger partial charge in [0.05, 0.1) is 0 Å². The normalized spacial score (nSPS) is 9.10. The molecule has 1 rings (SSSR count). The van der Waals surface area contributed by atoms with Crippen LogP contribution in [0.4, 0.5) is 0 Å². The lowest BCUT2D eigenvalue weighted by molar-refractivity contribution is 0.867. The van der Waals surface area contributed by atoms with Crippen molar-refractivity contribution >= 4 is 0 Å². The lowest BCUT2D eigenvalue weighted by Crippen LogP contribution is -1.83. The molecular formula is C9H16N+. The van der Waals surface area contributed by atoms with Gasteiger partial charge in [-0.3, -0.25) is 0 Å². The van der Waals surface area contributed by atoms with Gasteiger partial charge in [0.25, 0.3) is 0 Å². The van der Waals surface area contributed by atoms with Crippen LogP contribution in [0.5, 0.6) is 0 Å². The van der Waals surface area contributed by atoms with Crippen molar-refractivity contribution in [2.24, 2.45) is 0 Å². The molecule has 4 N–H and O–H groups in total. The fourth-order valence-corrected chi connectivity index (χ4v) is 0.838. The van der Waals surface area contributed by atoms with Crippen LogP contribution in [-0.4, -0.2) is 0 Å². The monoisotopic (exact) mass is 138 g/mol. The van der Waals surface area contributed by atoms with Gasteiger partial charge in [0.15, 0.2) is 0 Å². The van der Waals surface area contributed by atoms with Crippen LogP contribution in [0, 0.1) is 0 Å². The average Bonchev–Trinajstić information content (AvgIpc) is 1.90. The molecule has 0 aliphatic heterocycles. The second kappa shape index (κ2) is 4.07. The summed E-state index contributed by atoms with van der Waals surface area (Å²) in [6, 6.07) is 10.5. The zero-order valence-corrected chi connectivity index (χ0v) is 6.96. The van der Waals surface area contributed by atoms with E-state index in [2.05, 4.69) is 38.1 Å². The molecule has 1 heteroatoms. The Morgan fingerprint density at radius 3 is 1.80 bits per heavy atom. The highest BCUT2D eigenvalue weighted by Crippen LogP contribution is 2.11. The average molecular weight is 138 g/mol. The molecule has 0 unspecified atom stereocenters. The molecule has 1 nitrogen and oxygen atoms in total. The van der Waals surface area contributed by atoms with Gasteiger partial charge in [-0.05, 0) is 11.5 Å². The highest BCUT2D eigenvalue weighted by Gasteiger charge is 1.93. The zero-order chi connectivity index (χ0) is 6.69. The fraction of sp³-hybridized carbons (Fsp3) is 0.333. The highest BCUT2D eigenvalue weighted by molar-refractivity contribution is 5.17. The number of hydrogen-bond acceptors (Lipinski definition) is 0. The van der Waals surface area contributed by atoms with Crippen LogP contribution < -0.4 is 6.15 Å². The maximum absolute atomic E-state index is 2.20. The van der Waals surface area contributed by atoms with Crippen LogP contribution in [-0.2, 0) is 0 Å². The summed E-state index contributed by atoms with van der Waals surface area (Å²) >= 11 is 0. The van der Waals surface area contributed by atoms with E-state index in [0.29, 0.717) is 5.92 Å². The minimum absolute atomic E-state index is 0. The molecule has 1 aromatic carbocycles. The van der Waals surface area contributed by atoms with Gasteiger partial charge in [-0.1, -0.05) is 44.2 Å². The minimum Gasteiger partial charge on any atom is -0.369 e.